The maximum atomic E-state index is 5.31. The minimum atomic E-state index is 0.689. The molecule has 0 unspecified atom stereocenters. The van der Waals surface area contributed by atoms with Crippen LogP contribution in [0.25, 0.3) is 10.2 Å². The molecule has 0 amide bonds. The van der Waals surface area contributed by atoms with E-state index in [1.807, 2.05) is 30.5 Å². The minimum Gasteiger partial charge on any atom is -0.493 e. The van der Waals surface area contributed by atoms with Gasteiger partial charge in [-0.05, 0) is 11.6 Å². The number of nitrogens with one attached hydrogen (secondary N) is 1. The van der Waals surface area contributed by atoms with Crippen molar-refractivity contribution in [2.24, 2.45) is 0 Å². The standard InChI is InChI=1S/C15H15N3O2S/c1-19-12-6-11-14(7-13(12)20-2)21-15(18-11)17-9-10-4-3-5-16-8-10/h3-8H,9H2,1-2H3,(H,17,18). The number of aromatic nitrogens is 2. The summed E-state index contributed by atoms with van der Waals surface area (Å²) in [5, 5.41) is 4.18. The lowest BCUT2D eigenvalue weighted by atomic mass is 10.3. The van der Waals surface area contributed by atoms with Gasteiger partial charge in [0.2, 0.25) is 0 Å². The van der Waals surface area contributed by atoms with Crippen molar-refractivity contribution < 1.29 is 9.47 Å². The second kappa shape index (κ2) is 5.97. The molecule has 21 heavy (non-hydrogen) atoms. The molecule has 0 saturated heterocycles. The molecule has 0 atom stereocenters. The van der Waals surface area contributed by atoms with Gasteiger partial charge in [0.25, 0.3) is 0 Å². The van der Waals surface area contributed by atoms with Crippen molar-refractivity contribution >= 4 is 26.7 Å². The van der Waals surface area contributed by atoms with Crippen molar-refractivity contribution in [3.63, 3.8) is 0 Å². The molecule has 0 saturated carbocycles. The van der Waals surface area contributed by atoms with Gasteiger partial charge in [-0.15, -0.1) is 0 Å². The quantitative estimate of drug-likeness (QED) is 0.783. The average Bonchev–Trinajstić information content (AvgIpc) is 2.94. The molecule has 1 aromatic carbocycles. The molecule has 2 heterocycles. The SMILES string of the molecule is COc1cc2nc(NCc3cccnc3)sc2cc1OC. The summed E-state index contributed by atoms with van der Waals surface area (Å²) in [6.45, 7) is 0.696. The number of thiazole rings is 1. The molecule has 0 aliphatic heterocycles. The Bertz CT molecular complexity index is 702. The smallest absolute Gasteiger partial charge is 0.184 e. The van der Waals surface area contributed by atoms with Crippen LogP contribution in [0.15, 0.2) is 36.7 Å². The van der Waals surface area contributed by atoms with Gasteiger partial charge in [0, 0.05) is 31.1 Å². The highest BCUT2D eigenvalue weighted by atomic mass is 32.1. The Balaban J connectivity index is 1.84. The van der Waals surface area contributed by atoms with E-state index in [9.17, 15) is 0 Å². The van der Waals surface area contributed by atoms with E-state index in [1.165, 1.54) is 0 Å². The summed E-state index contributed by atoms with van der Waals surface area (Å²) in [7, 11) is 3.25. The third-order valence-electron chi connectivity index (χ3n) is 3.06. The predicted octanol–water partition coefficient (Wildman–Crippen LogP) is 3.32. The molecule has 0 spiro atoms. The summed E-state index contributed by atoms with van der Waals surface area (Å²) < 4.78 is 11.7. The van der Waals surface area contributed by atoms with Gasteiger partial charge in [0.15, 0.2) is 16.6 Å². The molecular formula is C15H15N3O2S. The van der Waals surface area contributed by atoms with E-state index < -0.39 is 0 Å². The summed E-state index contributed by atoms with van der Waals surface area (Å²) in [5.74, 6) is 1.40. The van der Waals surface area contributed by atoms with Crippen molar-refractivity contribution in [3.05, 3.63) is 42.2 Å². The molecule has 0 aliphatic rings. The van der Waals surface area contributed by atoms with E-state index in [2.05, 4.69) is 15.3 Å². The molecule has 5 nitrogen and oxygen atoms in total. The largest absolute Gasteiger partial charge is 0.493 e. The molecule has 0 radical (unpaired) electrons. The summed E-state index contributed by atoms with van der Waals surface area (Å²) in [6, 6.07) is 7.78. The highest BCUT2D eigenvalue weighted by molar-refractivity contribution is 7.22. The molecule has 108 valence electrons. The number of fused-ring (bicyclic) bond motifs is 1. The van der Waals surface area contributed by atoms with Crippen LogP contribution in [0.1, 0.15) is 5.56 Å². The highest BCUT2D eigenvalue weighted by Crippen LogP contribution is 2.36. The summed E-state index contributed by atoms with van der Waals surface area (Å²) in [6.07, 6.45) is 3.60. The van der Waals surface area contributed by atoms with Gasteiger partial charge in [-0.1, -0.05) is 17.4 Å². The van der Waals surface area contributed by atoms with Crippen molar-refractivity contribution in [1.82, 2.24) is 9.97 Å². The summed E-state index contributed by atoms with van der Waals surface area (Å²) >= 11 is 1.59. The zero-order chi connectivity index (χ0) is 14.7. The number of nitrogens with zero attached hydrogens (tertiary/aromatic N) is 2. The number of methoxy groups -OCH3 is 2. The van der Waals surface area contributed by atoms with Crippen molar-refractivity contribution in [2.75, 3.05) is 19.5 Å². The zero-order valence-corrected chi connectivity index (χ0v) is 12.6. The lowest BCUT2D eigenvalue weighted by molar-refractivity contribution is 0.356. The molecule has 1 N–H and O–H groups in total. The third kappa shape index (κ3) is 2.90. The van der Waals surface area contributed by atoms with Crippen LogP contribution in [0.2, 0.25) is 0 Å². The fraction of sp³-hybridized carbons (Fsp3) is 0.200. The van der Waals surface area contributed by atoms with E-state index in [0.717, 1.165) is 20.9 Å². The predicted molar refractivity (Wildman–Crippen MR) is 84.3 cm³/mol. The Labute approximate surface area is 126 Å². The zero-order valence-electron chi connectivity index (χ0n) is 11.8. The van der Waals surface area contributed by atoms with Crippen LogP contribution < -0.4 is 14.8 Å². The van der Waals surface area contributed by atoms with Gasteiger partial charge in [0.05, 0.1) is 24.4 Å². The van der Waals surface area contributed by atoms with E-state index >= 15 is 0 Å². The average molecular weight is 301 g/mol. The normalized spacial score (nSPS) is 10.6. The number of rotatable bonds is 5. The Morgan fingerprint density at radius 1 is 1.19 bits per heavy atom. The van der Waals surface area contributed by atoms with Crippen molar-refractivity contribution in [2.45, 2.75) is 6.54 Å². The van der Waals surface area contributed by atoms with Crippen LogP contribution >= 0.6 is 11.3 Å². The second-order valence-corrected chi connectivity index (χ2v) is 5.44. The van der Waals surface area contributed by atoms with Crippen molar-refractivity contribution in [3.8, 4) is 11.5 Å². The van der Waals surface area contributed by atoms with E-state index in [-0.39, 0.29) is 0 Å². The molecule has 0 bridgehead atoms. The van der Waals surface area contributed by atoms with E-state index in [0.29, 0.717) is 18.0 Å². The minimum absolute atomic E-state index is 0.689. The first-order valence-electron chi connectivity index (χ1n) is 6.45. The van der Waals surface area contributed by atoms with Gasteiger partial charge >= 0.3 is 0 Å². The maximum Gasteiger partial charge on any atom is 0.184 e. The number of ether oxygens (including phenoxy) is 2. The monoisotopic (exact) mass is 301 g/mol. The molecule has 3 rings (SSSR count). The number of benzene rings is 1. The van der Waals surface area contributed by atoms with Gasteiger partial charge < -0.3 is 14.8 Å². The first kappa shape index (κ1) is 13.6. The number of hydrogen-bond acceptors (Lipinski definition) is 6. The molecule has 0 fully saturated rings. The first-order valence-corrected chi connectivity index (χ1v) is 7.27. The van der Waals surface area contributed by atoms with Gasteiger partial charge in [-0.2, -0.15) is 0 Å². The summed E-state index contributed by atoms with van der Waals surface area (Å²) in [4.78, 5) is 8.66. The van der Waals surface area contributed by atoms with Crippen LogP contribution in [-0.2, 0) is 6.54 Å². The van der Waals surface area contributed by atoms with Crippen LogP contribution in [0, 0.1) is 0 Å². The van der Waals surface area contributed by atoms with Crippen LogP contribution in [0.5, 0.6) is 11.5 Å². The Kier molecular flexibility index (Phi) is 3.87. The van der Waals surface area contributed by atoms with Crippen LogP contribution in [0.4, 0.5) is 5.13 Å². The number of anilines is 1. The fourth-order valence-electron chi connectivity index (χ4n) is 2.01. The third-order valence-corrected chi connectivity index (χ3v) is 4.04. The first-order chi connectivity index (χ1) is 10.3. The van der Waals surface area contributed by atoms with Crippen LogP contribution in [-0.4, -0.2) is 24.2 Å². The van der Waals surface area contributed by atoms with Gasteiger partial charge in [-0.3, -0.25) is 4.98 Å². The number of pyridine rings is 1. The van der Waals surface area contributed by atoms with Crippen molar-refractivity contribution in [1.29, 1.82) is 0 Å². The maximum absolute atomic E-state index is 5.31. The van der Waals surface area contributed by atoms with Gasteiger partial charge in [-0.25, -0.2) is 4.98 Å². The van der Waals surface area contributed by atoms with E-state index in [1.54, 1.807) is 31.8 Å². The molecular weight excluding hydrogens is 286 g/mol. The van der Waals surface area contributed by atoms with E-state index in [4.69, 9.17) is 9.47 Å². The Morgan fingerprint density at radius 3 is 2.71 bits per heavy atom. The fourth-order valence-corrected chi connectivity index (χ4v) is 2.88. The lowest BCUT2D eigenvalue weighted by Crippen LogP contribution is -1.98. The topological polar surface area (TPSA) is 56.3 Å². The highest BCUT2D eigenvalue weighted by Gasteiger charge is 2.10. The second-order valence-electron chi connectivity index (χ2n) is 4.41. The molecule has 6 heteroatoms. The Hall–Kier alpha value is -2.34. The van der Waals surface area contributed by atoms with Crippen LogP contribution in [0.3, 0.4) is 0 Å². The number of hydrogen-bond donors (Lipinski definition) is 1. The lowest BCUT2D eigenvalue weighted by Gasteiger charge is -2.05. The molecule has 0 aliphatic carbocycles. The molecule has 2 aromatic heterocycles. The summed E-state index contributed by atoms with van der Waals surface area (Å²) in [5.41, 5.74) is 2.01. The van der Waals surface area contributed by atoms with Gasteiger partial charge in [0.1, 0.15) is 0 Å². The Morgan fingerprint density at radius 2 is 2.00 bits per heavy atom. The molecule has 3 aromatic rings.